The van der Waals surface area contributed by atoms with Crippen LogP contribution in [0.1, 0.15) is 24.2 Å². The fraction of sp³-hybridized carbons (Fsp3) is 0.190. The van der Waals surface area contributed by atoms with Crippen molar-refractivity contribution in [3.05, 3.63) is 88.3 Å². The first-order chi connectivity index (χ1) is 13.6. The number of carbonyl (C=O) groups is 1. The van der Waals surface area contributed by atoms with E-state index in [4.69, 9.17) is 0 Å². The number of nitrogens with zero attached hydrogens (tertiary/aromatic N) is 1. The van der Waals surface area contributed by atoms with E-state index in [0.717, 1.165) is 10.5 Å². The van der Waals surface area contributed by atoms with Gasteiger partial charge in [-0.3, -0.25) is 9.59 Å². The number of aromatic amines is 1. The Bertz CT molecular complexity index is 962. The summed E-state index contributed by atoms with van der Waals surface area (Å²) in [5.41, 5.74) is 1.53. The predicted molar refractivity (Wildman–Crippen MR) is 115 cm³/mol. The lowest BCUT2D eigenvalue weighted by atomic mass is 10.1. The van der Waals surface area contributed by atoms with Crippen molar-refractivity contribution in [1.29, 1.82) is 0 Å². The standard InChI is InChI=1S/C21H21N3O2S2/c1-15(16-8-4-2-5-9-16)22-20(26)14-28-21-23-17(12-19(25)24-21)13-27-18-10-6-3-7-11-18/h2-12,15H,13-14H2,1H3,(H,22,26)(H,23,24,25). The van der Waals surface area contributed by atoms with Gasteiger partial charge in [0.05, 0.1) is 17.5 Å². The van der Waals surface area contributed by atoms with Gasteiger partial charge < -0.3 is 10.3 Å². The van der Waals surface area contributed by atoms with Crippen molar-refractivity contribution in [3.63, 3.8) is 0 Å². The zero-order chi connectivity index (χ0) is 19.8. The molecule has 2 aromatic carbocycles. The first kappa shape index (κ1) is 20.2. The summed E-state index contributed by atoms with van der Waals surface area (Å²) in [6.07, 6.45) is 0. The molecule has 0 aliphatic heterocycles. The summed E-state index contributed by atoms with van der Waals surface area (Å²) in [6.45, 7) is 1.94. The van der Waals surface area contributed by atoms with Crippen LogP contribution >= 0.6 is 23.5 Å². The summed E-state index contributed by atoms with van der Waals surface area (Å²) >= 11 is 2.85. The average molecular weight is 412 g/mol. The normalized spacial score (nSPS) is 11.8. The predicted octanol–water partition coefficient (Wildman–Crippen LogP) is 4.03. The van der Waals surface area contributed by atoms with E-state index >= 15 is 0 Å². The van der Waals surface area contributed by atoms with E-state index < -0.39 is 0 Å². The average Bonchev–Trinajstić information content (AvgIpc) is 2.72. The van der Waals surface area contributed by atoms with Crippen LogP contribution in [0.25, 0.3) is 0 Å². The maximum absolute atomic E-state index is 12.2. The molecule has 28 heavy (non-hydrogen) atoms. The van der Waals surface area contributed by atoms with Gasteiger partial charge in [0.25, 0.3) is 5.56 Å². The lowest BCUT2D eigenvalue weighted by Crippen LogP contribution is -2.28. The van der Waals surface area contributed by atoms with E-state index in [-0.39, 0.29) is 23.3 Å². The molecule has 1 aromatic heterocycles. The second-order valence-electron chi connectivity index (χ2n) is 6.13. The molecule has 3 rings (SSSR count). The third kappa shape index (κ3) is 6.28. The Morgan fingerprint density at radius 1 is 1.07 bits per heavy atom. The van der Waals surface area contributed by atoms with Crippen LogP contribution in [0.5, 0.6) is 0 Å². The van der Waals surface area contributed by atoms with Crippen LogP contribution in [-0.4, -0.2) is 21.6 Å². The summed E-state index contributed by atoms with van der Waals surface area (Å²) in [5, 5.41) is 3.42. The topological polar surface area (TPSA) is 74.8 Å². The molecule has 7 heteroatoms. The zero-order valence-electron chi connectivity index (χ0n) is 15.4. The van der Waals surface area contributed by atoms with Crippen LogP contribution in [0.4, 0.5) is 0 Å². The monoisotopic (exact) mass is 411 g/mol. The number of aromatic nitrogens is 2. The second kappa shape index (κ2) is 10.1. The Morgan fingerprint density at radius 2 is 1.75 bits per heavy atom. The first-order valence-electron chi connectivity index (χ1n) is 8.85. The van der Waals surface area contributed by atoms with Crippen molar-refractivity contribution in [2.75, 3.05) is 5.75 Å². The number of hydrogen-bond donors (Lipinski definition) is 2. The molecular formula is C21H21N3O2S2. The Labute approximate surface area is 172 Å². The van der Waals surface area contributed by atoms with Crippen LogP contribution in [0.3, 0.4) is 0 Å². The minimum atomic E-state index is -0.209. The van der Waals surface area contributed by atoms with Crippen LogP contribution in [0.15, 0.2) is 81.6 Å². The van der Waals surface area contributed by atoms with Crippen LogP contribution in [-0.2, 0) is 10.5 Å². The van der Waals surface area contributed by atoms with Crippen molar-refractivity contribution in [1.82, 2.24) is 15.3 Å². The van der Waals surface area contributed by atoms with Gasteiger partial charge in [0.1, 0.15) is 0 Å². The SMILES string of the molecule is CC(NC(=O)CSc1nc(CSc2ccccc2)cc(=O)[nH]1)c1ccccc1. The molecule has 1 unspecified atom stereocenters. The van der Waals surface area contributed by atoms with Gasteiger partial charge in [-0.05, 0) is 24.6 Å². The van der Waals surface area contributed by atoms with Gasteiger partial charge >= 0.3 is 0 Å². The highest BCUT2D eigenvalue weighted by atomic mass is 32.2. The highest BCUT2D eigenvalue weighted by Gasteiger charge is 2.11. The minimum Gasteiger partial charge on any atom is -0.349 e. The molecule has 5 nitrogen and oxygen atoms in total. The van der Waals surface area contributed by atoms with Crippen LogP contribution < -0.4 is 10.9 Å². The maximum atomic E-state index is 12.2. The van der Waals surface area contributed by atoms with Crippen molar-refractivity contribution in [2.45, 2.75) is 28.8 Å². The van der Waals surface area contributed by atoms with E-state index in [1.165, 1.54) is 17.8 Å². The van der Waals surface area contributed by atoms with Crippen LogP contribution in [0.2, 0.25) is 0 Å². The van der Waals surface area contributed by atoms with Crippen molar-refractivity contribution < 1.29 is 4.79 Å². The Kier molecular flexibility index (Phi) is 7.33. The smallest absolute Gasteiger partial charge is 0.251 e. The van der Waals surface area contributed by atoms with Crippen LogP contribution in [0, 0.1) is 0 Å². The Morgan fingerprint density at radius 3 is 2.46 bits per heavy atom. The van der Waals surface area contributed by atoms with E-state index in [1.54, 1.807) is 11.8 Å². The molecular weight excluding hydrogens is 390 g/mol. The summed E-state index contributed by atoms with van der Waals surface area (Å²) in [5.74, 6) is 0.682. The molecule has 144 valence electrons. The molecule has 3 aromatic rings. The maximum Gasteiger partial charge on any atom is 0.251 e. The van der Waals surface area contributed by atoms with E-state index in [9.17, 15) is 9.59 Å². The number of H-pyrrole nitrogens is 1. The van der Waals surface area contributed by atoms with E-state index in [1.807, 2.05) is 67.6 Å². The fourth-order valence-electron chi connectivity index (χ4n) is 2.54. The highest BCUT2D eigenvalue weighted by molar-refractivity contribution is 7.99. The molecule has 0 bridgehead atoms. The first-order valence-corrected chi connectivity index (χ1v) is 10.8. The zero-order valence-corrected chi connectivity index (χ0v) is 17.1. The van der Waals surface area contributed by atoms with Gasteiger partial charge in [-0.25, -0.2) is 4.98 Å². The lowest BCUT2D eigenvalue weighted by molar-refractivity contribution is -0.119. The molecule has 0 fully saturated rings. The largest absolute Gasteiger partial charge is 0.349 e. The molecule has 0 aliphatic rings. The number of carbonyl (C=O) groups excluding carboxylic acids is 1. The third-order valence-corrected chi connectivity index (χ3v) is 5.84. The summed E-state index contributed by atoms with van der Waals surface area (Å²) in [4.78, 5) is 32.4. The van der Waals surface area contributed by atoms with E-state index in [2.05, 4.69) is 15.3 Å². The van der Waals surface area contributed by atoms with Gasteiger partial charge in [-0.2, -0.15) is 0 Å². The van der Waals surface area contributed by atoms with Crippen molar-refractivity contribution >= 4 is 29.4 Å². The molecule has 1 heterocycles. The molecule has 0 saturated carbocycles. The van der Waals surface area contributed by atoms with Gasteiger partial charge in [-0.15, -0.1) is 11.8 Å². The van der Waals surface area contributed by atoms with Gasteiger partial charge in [0, 0.05) is 16.7 Å². The minimum absolute atomic E-state index is 0.0742. The number of thioether (sulfide) groups is 2. The Balaban J connectivity index is 1.54. The van der Waals surface area contributed by atoms with E-state index in [0.29, 0.717) is 16.6 Å². The lowest BCUT2D eigenvalue weighted by Gasteiger charge is -2.14. The van der Waals surface area contributed by atoms with Crippen molar-refractivity contribution in [3.8, 4) is 0 Å². The van der Waals surface area contributed by atoms with Gasteiger partial charge in [0.15, 0.2) is 5.16 Å². The molecule has 1 atom stereocenters. The second-order valence-corrected chi connectivity index (χ2v) is 8.14. The van der Waals surface area contributed by atoms with Gasteiger partial charge in [0.2, 0.25) is 5.91 Å². The summed E-state index contributed by atoms with van der Waals surface area (Å²) in [7, 11) is 0. The highest BCUT2D eigenvalue weighted by Crippen LogP contribution is 2.22. The molecule has 1 amide bonds. The Hall–Kier alpha value is -2.51. The quantitative estimate of drug-likeness (QED) is 0.432. The third-order valence-electron chi connectivity index (χ3n) is 3.92. The number of benzene rings is 2. The van der Waals surface area contributed by atoms with Crippen molar-refractivity contribution in [2.24, 2.45) is 0 Å². The summed E-state index contributed by atoms with van der Waals surface area (Å²) in [6, 6.07) is 21.2. The molecule has 2 N–H and O–H groups in total. The van der Waals surface area contributed by atoms with Gasteiger partial charge in [-0.1, -0.05) is 60.3 Å². The molecule has 0 aliphatic carbocycles. The number of hydrogen-bond acceptors (Lipinski definition) is 5. The number of amides is 1. The molecule has 0 saturated heterocycles. The molecule has 0 spiro atoms. The molecule has 0 radical (unpaired) electrons. The fourth-order valence-corrected chi connectivity index (χ4v) is 4.06. The number of rotatable bonds is 8. The number of nitrogens with one attached hydrogen (secondary N) is 2. The summed E-state index contributed by atoms with van der Waals surface area (Å²) < 4.78 is 0.